The standard InChI is InChI=1S/C28H30FN5O2/c1-20(35)23-7-8-26(25(29)16-23)32-12-14-33(15-13-32)28(36)31-18-21-6-9-27(30-17-21)34-11-10-22-4-2-3-5-24(22)19-34/h2-9,16-17H,10-15,18-19H2,1H3,(H,31,36). The Hall–Kier alpha value is -3.94. The molecule has 0 atom stereocenters. The van der Waals surface area contributed by atoms with Gasteiger partial charge in [0.2, 0.25) is 0 Å². The van der Waals surface area contributed by atoms with Crippen LogP contribution in [0.1, 0.15) is 34.0 Å². The van der Waals surface area contributed by atoms with Gasteiger partial charge in [-0.1, -0.05) is 30.3 Å². The number of piperazine rings is 1. The van der Waals surface area contributed by atoms with E-state index in [1.54, 1.807) is 17.0 Å². The Balaban J connectivity index is 1.10. The second-order valence-corrected chi connectivity index (χ2v) is 9.32. The molecule has 0 saturated carbocycles. The molecule has 0 unspecified atom stereocenters. The number of pyridine rings is 1. The summed E-state index contributed by atoms with van der Waals surface area (Å²) in [5, 5.41) is 2.97. The normalized spacial score (nSPS) is 15.4. The van der Waals surface area contributed by atoms with Gasteiger partial charge in [-0.15, -0.1) is 0 Å². The molecule has 0 radical (unpaired) electrons. The van der Waals surface area contributed by atoms with Gasteiger partial charge >= 0.3 is 6.03 Å². The minimum atomic E-state index is -0.412. The summed E-state index contributed by atoms with van der Waals surface area (Å²) < 4.78 is 14.5. The highest BCUT2D eigenvalue weighted by Crippen LogP contribution is 2.24. The van der Waals surface area contributed by atoms with Crippen LogP contribution in [0.3, 0.4) is 0 Å². The van der Waals surface area contributed by atoms with Crippen molar-refractivity contribution in [2.24, 2.45) is 0 Å². The number of aromatic nitrogens is 1. The van der Waals surface area contributed by atoms with Crippen molar-refractivity contribution in [1.82, 2.24) is 15.2 Å². The highest BCUT2D eigenvalue weighted by atomic mass is 19.1. The first kappa shape index (κ1) is 23.8. The Morgan fingerprint density at radius 1 is 0.944 bits per heavy atom. The van der Waals surface area contributed by atoms with Gasteiger partial charge in [-0.05, 0) is 54.3 Å². The van der Waals surface area contributed by atoms with Crippen LogP contribution in [0, 0.1) is 5.82 Å². The van der Waals surface area contributed by atoms with Crippen LogP contribution >= 0.6 is 0 Å². The van der Waals surface area contributed by atoms with E-state index in [-0.39, 0.29) is 11.8 Å². The zero-order chi connectivity index (χ0) is 25.1. The summed E-state index contributed by atoms with van der Waals surface area (Å²) in [5.74, 6) is 0.369. The second kappa shape index (κ2) is 10.4. The van der Waals surface area contributed by atoms with Crippen LogP contribution < -0.4 is 15.1 Å². The summed E-state index contributed by atoms with van der Waals surface area (Å²) in [7, 11) is 0. The Morgan fingerprint density at radius 2 is 1.72 bits per heavy atom. The Morgan fingerprint density at radius 3 is 2.42 bits per heavy atom. The van der Waals surface area contributed by atoms with E-state index in [2.05, 4.69) is 39.5 Å². The number of hydrogen-bond acceptors (Lipinski definition) is 5. The van der Waals surface area contributed by atoms with Crippen molar-refractivity contribution < 1.29 is 14.0 Å². The number of halogens is 1. The number of nitrogens with zero attached hydrogens (tertiary/aromatic N) is 4. The number of nitrogens with one attached hydrogen (secondary N) is 1. The summed E-state index contributed by atoms with van der Waals surface area (Å²) in [6, 6.07) is 17.0. The molecule has 1 aromatic heterocycles. The number of ketones is 1. The summed E-state index contributed by atoms with van der Waals surface area (Å²) in [4.78, 5) is 34.7. The third-order valence-corrected chi connectivity index (χ3v) is 6.97. The largest absolute Gasteiger partial charge is 0.366 e. The predicted octanol–water partition coefficient (Wildman–Crippen LogP) is 4.02. The van der Waals surface area contributed by atoms with Crippen molar-refractivity contribution >= 4 is 23.3 Å². The van der Waals surface area contributed by atoms with Gasteiger partial charge in [0.1, 0.15) is 11.6 Å². The smallest absolute Gasteiger partial charge is 0.317 e. The number of urea groups is 1. The number of amides is 2. The Bertz CT molecular complexity index is 1260. The summed E-state index contributed by atoms with van der Waals surface area (Å²) in [5.41, 5.74) is 4.51. The van der Waals surface area contributed by atoms with Gasteiger partial charge in [-0.25, -0.2) is 14.2 Å². The van der Waals surface area contributed by atoms with Crippen molar-refractivity contribution in [2.45, 2.75) is 26.4 Å². The van der Waals surface area contributed by atoms with Crippen molar-refractivity contribution in [2.75, 3.05) is 42.5 Å². The quantitative estimate of drug-likeness (QED) is 0.551. The average Bonchev–Trinajstić information content (AvgIpc) is 2.92. The molecule has 1 N–H and O–H groups in total. The molecule has 2 aromatic carbocycles. The average molecular weight is 488 g/mol. The van der Waals surface area contributed by atoms with Gasteiger partial charge < -0.3 is 20.0 Å². The van der Waals surface area contributed by atoms with Crippen LogP contribution in [-0.2, 0) is 19.5 Å². The van der Waals surface area contributed by atoms with Crippen LogP contribution in [0.25, 0.3) is 0 Å². The number of fused-ring (bicyclic) bond motifs is 1. The first-order valence-corrected chi connectivity index (χ1v) is 12.3. The maximum Gasteiger partial charge on any atom is 0.317 e. The van der Waals surface area contributed by atoms with Crippen molar-refractivity contribution in [3.05, 3.63) is 88.9 Å². The van der Waals surface area contributed by atoms with E-state index in [1.807, 2.05) is 23.2 Å². The van der Waals surface area contributed by atoms with Crippen LogP contribution in [0.2, 0.25) is 0 Å². The predicted molar refractivity (Wildman–Crippen MR) is 138 cm³/mol. The van der Waals surface area contributed by atoms with Crippen LogP contribution in [0.15, 0.2) is 60.8 Å². The van der Waals surface area contributed by atoms with E-state index in [1.165, 1.54) is 24.1 Å². The van der Waals surface area contributed by atoms with Gasteiger partial charge in [0, 0.05) is 57.6 Å². The first-order valence-electron chi connectivity index (χ1n) is 12.3. The fraction of sp³-hybridized carbons (Fsp3) is 0.321. The summed E-state index contributed by atoms with van der Waals surface area (Å²) in [6.07, 6.45) is 2.83. The van der Waals surface area contributed by atoms with E-state index in [9.17, 15) is 14.0 Å². The molecule has 36 heavy (non-hydrogen) atoms. The lowest BCUT2D eigenvalue weighted by Crippen LogP contribution is -2.51. The number of hydrogen-bond donors (Lipinski definition) is 1. The summed E-state index contributed by atoms with van der Waals surface area (Å²) >= 11 is 0. The monoisotopic (exact) mass is 487 g/mol. The Kier molecular flexibility index (Phi) is 6.84. The van der Waals surface area contributed by atoms with Crippen LogP contribution in [0.4, 0.5) is 20.7 Å². The first-order chi connectivity index (χ1) is 17.5. The number of carbonyl (C=O) groups excluding carboxylic acids is 2. The molecular formula is C28H30FN5O2. The third-order valence-electron chi connectivity index (χ3n) is 6.97. The molecular weight excluding hydrogens is 457 g/mol. The van der Waals surface area contributed by atoms with E-state index < -0.39 is 5.82 Å². The van der Waals surface area contributed by atoms with Gasteiger partial charge in [0.25, 0.3) is 0 Å². The molecule has 8 heteroatoms. The zero-order valence-corrected chi connectivity index (χ0v) is 20.4. The molecule has 2 aliphatic rings. The molecule has 2 amide bonds. The molecule has 0 bridgehead atoms. The van der Waals surface area contributed by atoms with Gasteiger partial charge in [0.15, 0.2) is 5.78 Å². The van der Waals surface area contributed by atoms with E-state index >= 15 is 0 Å². The Labute approximate surface area is 210 Å². The third kappa shape index (κ3) is 5.17. The number of anilines is 2. The lowest BCUT2D eigenvalue weighted by molar-refractivity contribution is 0.101. The molecule has 7 nitrogen and oxygen atoms in total. The SMILES string of the molecule is CC(=O)c1ccc(N2CCN(C(=O)NCc3ccc(N4CCc5ccccc5C4)nc3)CC2)c(F)c1. The number of rotatable bonds is 5. The van der Waals surface area contributed by atoms with Crippen LogP contribution in [-0.4, -0.2) is 54.4 Å². The molecule has 3 heterocycles. The zero-order valence-electron chi connectivity index (χ0n) is 20.4. The minimum Gasteiger partial charge on any atom is -0.366 e. The molecule has 0 aliphatic carbocycles. The van der Waals surface area contributed by atoms with Gasteiger partial charge in [-0.2, -0.15) is 0 Å². The highest BCUT2D eigenvalue weighted by Gasteiger charge is 2.23. The molecule has 1 fully saturated rings. The van der Waals surface area contributed by atoms with Crippen LogP contribution in [0.5, 0.6) is 0 Å². The second-order valence-electron chi connectivity index (χ2n) is 9.32. The number of carbonyl (C=O) groups is 2. The van der Waals surface area contributed by atoms with Gasteiger partial charge in [0.05, 0.1) is 5.69 Å². The minimum absolute atomic E-state index is 0.140. The van der Waals surface area contributed by atoms with Gasteiger partial charge in [-0.3, -0.25) is 4.79 Å². The van der Waals surface area contributed by atoms with E-state index in [0.717, 1.165) is 30.9 Å². The number of Topliss-reactive ketones (excluding diaryl/α,β-unsaturated/α-hetero) is 1. The molecule has 2 aliphatic heterocycles. The number of benzene rings is 2. The lowest BCUT2D eigenvalue weighted by Gasteiger charge is -2.36. The lowest BCUT2D eigenvalue weighted by atomic mass is 10.00. The maximum absolute atomic E-state index is 14.5. The van der Waals surface area contributed by atoms with Crippen molar-refractivity contribution in [3.8, 4) is 0 Å². The summed E-state index contributed by atoms with van der Waals surface area (Å²) in [6.45, 7) is 5.66. The van der Waals surface area contributed by atoms with Crippen molar-refractivity contribution in [3.63, 3.8) is 0 Å². The fourth-order valence-electron chi connectivity index (χ4n) is 4.82. The van der Waals surface area contributed by atoms with E-state index in [4.69, 9.17) is 0 Å². The molecule has 5 rings (SSSR count). The fourth-order valence-corrected chi connectivity index (χ4v) is 4.82. The topological polar surface area (TPSA) is 68.8 Å². The molecule has 3 aromatic rings. The highest BCUT2D eigenvalue weighted by molar-refractivity contribution is 5.94. The molecule has 0 spiro atoms. The maximum atomic E-state index is 14.5. The van der Waals surface area contributed by atoms with E-state index in [0.29, 0.717) is 44.0 Å². The van der Waals surface area contributed by atoms with Crippen molar-refractivity contribution in [1.29, 1.82) is 0 Å². The molecule has 186 valence electrons. The molecule has 1 saturated heterocycles.